The molecule has 0 spiro atoms. The summed E-state index contributed by atoms with van der Waals surface area (Å²) in [6.07, 6.45) is 3.01. The van der Waals surface area contributed by atoms with Gasteiger partial charge in [0.05, 0.1) is 29.8 Å². The summed E-state index contributed by atoms with van der Waals surface area (Å²) in [5.74, 6) is 0.848. The Morgan fingerprint density at radius 1 is 1.23 bits per heavy atom. The minimum Gasteiger partial charge on any atom is -0.350 e. The maximum absolute atomic E-state index is 13.6. The third-order valence-electron chi connectivity index (χ3n) is 5.47. The summed E-state index contributed by atoms with van der Waals surface area (Å²) in [5, 5.41) is 6.21. The molecule has 0 aliphatic carbocycles. The molecule has 1 aromatic carbocycles. The van der Waals surface area contributed by atoms with Gasteiger partial charge in [-0.3, -0.25) is 9.78 Å². The van der Waals surface area contributed by atoms with Gasteiger partial charge in [0.1, 0.15) is 11.6 Å². The monoisotopic (exact) mass is 410 g/mol. The average Bonchev–Trinajstić information content (AvgIpc) is 3.37. The fourth-order valence-corrected chi connectivity index (χ4v) is 3.88. The number of H-pyrrole nitrogens is 1. The summed E-state index contributed by atoms with van der Waals surface area (Å²) in [6.45, 7) is 4.56. The Hall–Kier alpha value is -2.84. The Bertz CT molecular complexity index is 957. The summed E-state index contributed by atoms with van der Waals surface area (Å²) < 4.78 is 13.6. The van der Waals surface area contributed by atoms with Crippen molar-refractivity contribution in [3.8, 4) is 0 Å². The average molecular weight is 410 g/mol. The van der Waals surface area contributed by atoms with Crippen LogP contribution in [0.3, 0.4) is 0 Å². The molecule has 0 bridgehead atoms. The number of nitrogens with one attached hydrogen (secondary N) is 3. The van der Waals surface area contributed by atoms with Crippen molar-refractivity contribution in [2.24, 2.45) is 5.92 Å². The molecule has 4 rings (SSSR count). The molecule has 3 N–H and O–H groups in total. The first-order valence-corrected chi connectivity index (χ1v) is 10.4. The van der Waals surface area contributed by atoms with Crippen LogP contribution in [-0.4, -0.2) is 51.9 Å². The van der Waals surface area contributed by atoms with Crippen LogP contribution in [0.4, 0.5) is 4.39 Å². The van der Waals surface area contributed by atoms with Gasteiger partial charge in [-0.1, -0.05) is 12.1 Å². The molecule has 8 heteroatoms. The van der Waals surface area contributed by atoms with E-state index in [4.69, 9.17) is 0 Å². The molecule has 1 atom stereocenters. The molecule has 2 aromatic heterocycles. The van der Waals surface area contributed by atoms with E-state index in [-0.39, 0.29) is 24.0 Å². The van der Waals surface area contributed by atoms with Crippen LogP contribution in [0.2, 0.25) is 0 Å². The van der Waals surface area contributed by atoms with Gasteiger partial charge in [0, 0.05) is 32.3 Å². The third-order valence-corrected chi connectivity index (χ3v) is 5.47. The van der Waals surface area contributed by atoms with E-state index in [9.17, 15) is 9.18 Å². The second-order valence-corrected chi connectivity index (χ2v) is 7.75. The number of nitrogens with zero attached hydrogens (tertiary/aromatic N) is 3. The van der Waals surface area contributed by atoms with Crippen LogP contribution < -0.4 is 10.6 Å². The quantitative estimate of drug-likeness (QED) is 0.471. The zero-order valence-electron chi connectivity index (χ0n) is 16.9. The van der Waals surface area contributed by atoms with Gasteiger partial charge < -0.3 is 20.5 Å². The van der Waals surface area contributed by atoms with Crippen molar-refractivity contribution in [3.63, 3.8) is 0 Å². The second-order valence-electron chi connectivity index (χ2n) is 7.75. The highest BCUT2D eigenvalue weighted by atomic mass is 19.1. The molecule has 1 aliphatic heterocycles. The first-order valence-electron chi connectivity index (χ1n) is 10.4. The minimum absolute atomic E-state index is 0.0464. The molecule has 3 heterocycles. The SMILES string of the molecule is O=C(CC1CCN(CCNCc2nc3ccccc3[nH]2)C1)NCc1ncccc1F. The lowest BCUT2D eigenvalue weighted by Crippen LogP contribution is -2.31. The van der Waals surface area contributed by atoms with Crippen LogP contribution in [0.25, 0.3) is 11.0 Å². The van der Waals surface area contributed by atoms with Gasteiger partial charge in [-0.25, -0.2) is 9.37 Å². The van der Waals surface area contributed by atoms with Crippen molar-refractivity contribution in [1.82, 2.24) is 30.5 Å². The number of fused-ring (bicyclic) bond motifs is 1. The minimum atomic E-state index is -0.389. The number of hydrogen-bond donors (Lipinski definition) is 3. The molecule has 7 nitrogen and oxygen atoms in total. The van der Waals surface area contributed by atoms with E-state index in [0.717, 1.165) is 49.5 Å². The van der Waals surface area contributed by atoms with Crippen LogP contribution in [-0.2, 0) is 17.9 Å². The molecule has 1 fully saturated rings. The van der Waals surface area contributed by atoms with E-state index >= 15 is 0 Å². The Morgan fingerprint density at radius 2 is 2.13 bits per heavy atom. The summed E-state index contributed by atoms with van der Waals surface area (Å²) in [7, 11) is 0. The number of likely N-dealkylation sites (tertiary alicyclic amines) is 1. The second kappa shape index (κ2) is 9.77. The summed E-state index contributed by atoms with van der Waals surface area (Å²) in [5.41, 5.74) is 2.32. The molecule has 1 aliphatic rings. The normalized spacial score (nSPS) is 16.9. The van der Waals surface area contributed by atoms with Gasteiger partial charge in [-0.15, -0.1) is 0 Å². The first kappa shape index (κ1) is 20.4. The molecule has 1 unspecified atom stereocenters. The number of hydrogen-bond acceptors (Lipinski definition) is 5. The topological polar surface area (TPSA) is 85.9 Å². The zero-order valence-corrected chi connectivity index (χ0v) is 16.9. The highest BCUT2D eigenvalue weighted by molar-refractivity contribution is 5.76. The highest BCUT2D eigenvalue weighted by Gasteiger charge is 2.24. The zero-order chi connectivity index (χ0) is 20.8. The number of amides is 1. The van der Waals surface area contributed by atoms with Crippen molar-refractivity contribution < 1.29 is 9.18 Å². The maximum Gasteiger partial charge on any atom is 0.220 e. The Morgan fingerprint density at radius 3 is 3.00 bits per heavy atom. The van der Waals surface area contributed by atoms with Crippen LogP contribution in [0, 0.1) is 11.7 Å². The smallest absolute Gasteiger partial charge is 0.220 e. The number of halogens is 1. The maximum atomic E-state index is 13.6. The van der Waals surface area contributed by atoms with E-state index < -0.39 is 0 Å². The molecular formula is C22H27FN6O. The number of benzene rings is 1. The third kappa shape index (κ3) is 5.40. The molecule has 3 aromatic rings. The Balaban J connectivity index is 1.12. The van der Waals surface area contributed by atoms with Crippen molar-refractivity contribution >= 4 is 16.9 Å². The van der Waals surface area contributed by atoms with Crippen molar-refractivity contribution in [2.75, 3.05) is 26.2 Å². The lowest BCUT2D eigenvalue weighted by atomic mass is 10.0. The van der Waals surface area contributed by atoms with Gasteiger partial charge in [0.15, 0.2) is 0 Å². The van der Waals surface area contributed by atoms with Crippen LogP contribution >= 0.6 is 0 Å². The van der Waals surface area contributed by atoms with Crippen molar-refractivity contribution in [2.45, 2.75) is 25.9 Å². The van der Waals surface area contributed by atoms with Gasteiger partial charge in [-0.2, -0.15) is 0 Å². The fourth-order valence-electron chi connectivity index (χ4n) is 3.88. The van der Waals surface area contributed by atoms with E-state index in [1.54, 1.807) is 6.07 Å². The number of imidazole rings is 1. The lowest BCUT2D eigenvalue weighted by molar-refractivity contribution is -0.122. The fraction of sp³-hybridized carbons (Fsp3) is 0.409. The molecule has 0 radical (unpaired) electrons. The standard InChI is InChI=1S/C22H27FN6O/c23-17-4-3-8-25-20(17)13-26-22(30)12-16-7-10-29(15-16)11-9-24-14-21-27-18-5-1-2-6-19(18)28-21/h1-6,8,16,24H,7,9-15H2,(H,26,30)(H,27,28). The summed E-state index contributed by atoms with van der Waals surface area (Å²) >= 11 is 0. The number of carbonyl (C=O) groups is 1. The van der Waals surface area contributed by atoms with Gasteiger partial charge in [-0.05, 0) is 43.1 Å². The predicted octanol–water partition coefficient (Wildman–Crippen LogP) is 2.21. The molecule has 1 saturated heterocycles. The predicted molar refractivity (Wildman–Crippen MR) is 113 cm³/mol. The molecule has 0 saturated carbocycles. The Labute approximate surface area is 175 Å². The molecule has 158 valence electrons. The summed E-state index contributed by atoms with van der Waals surface area (Å²) in [6, 6.07) is 10.9. The number of aromatic amines is 1. The van der Waals surface area contributed by atoms with Crippen molar-refractivity contribution in [3.05, 3.63) is 59.9 Å². The first-order chi connectivity index (χ1) is 14.7. The number of aromatic nitrogens is 3. The largest absolute Gasteiger partial charge is 0.350 e. The lowest BCUT2D eigenvalue weighted by Gasteiger charge is -2.16. The number of rotatable bonds is 9. The van der Waals surface area contributed by atoms with E-state index in [2.05, 4.69) is 30.5 Å². The summed E-state index contributed by atoms with van der Waals surface area (Å²) in [4.78, 5) is 26.4. The van der Waals surface area contributed by atoms with Crippen molar-refractivity contribution in [1.29, 1.82) is 0 Å². The van der Waals surface area contributed by atoms with Gasteiger partial charge in [0.25, 0.3) is 0 Å². The van der Waals surface area contributed by atoms with E-state index in [1.807, 2.05) is 24.3 Å². The number of carbonyl (C=O) groups excluding carboxylic acids is 1. The van der Waals surface area contributed by atoms with Gasteiger partial charge in [0.2, 0.25) is 5.91 Å². The Kier molecular flexibility index (Phi) is 6.66. The van der Waals surface area contributed by atoms with Gasteiger partial charge >= 0.3 is 0 Å². The van der Waals surface area contributed by atoms with Crippen LogP contribution in [0.15, 0.2) is 42.6 Å². The number of pyridine rings is 1. The van der Waals surface area contributed by atoms with Crippen LogP contribution in [0.5, 0.6) is 0 Å². The van der Waals surface area contributed by atoms with E-state index in [0.29, 0.717) is 18.9 Å². The van der Waals surface area contributed by atoms with E-state index in [1.165, 1.54) is 12.3 Å². The van der Waals surface area contributed by atoms with Crippen LogP contribution in [0.1, 0.15) is 24.4 Å². The molecule has 1 amide bonds. The molecule has 30 heavy (non-hydrogen) atoms. The number of para-hydroxylation sites is 2. The highest BCUT2D eigenvalue weighted by Crippen LogP contribution is 2.19. The molecular weight excluding hydrogens is 383 g/mol.